The molecule has 0 saturated carbocycles. The third-order valence-electron chi connectivity index (χ3n) is 0.675. The summed E-state index contributed by atoms with van der Waals surface area (Å²) in [4.78, 5) is 14.7. The molecular formula is C5H10NO2. The lowest BCUT2D eigenvalue weighted by atomic mass is 10.2. The molecule has 0 aromatic heterocycles. The maximum Gasteiger partial charge on any atom is 0.272 e. The molecule has 3 heteroatoms. The molecular weight excluding hydrogens is 106 g/mol. The van der Waals surface area contributed by atoms with Crippen LogP contribution in [0.4, 0.5) is 0 Å². The van der Waals surface area contributed by atoms with Gasteiger partial charge in [0.25, 0.3) is 5.91 Å². The molecule has 0 saturated heterocycles. The topological polar surface area (TPSA) is 40.4 Å². The SMILES string of the molecule is CO[N]C(=O)C(C)C. The van der Waals surface area contributed by atoms with Crippen LogP contribution in [0.1, 0.15) is 13.8 Å². The van der Waals surface area contributed by atoms with Crippen molar-refractivity contribution < 1.29 is 9.63 Å². The summed E-state index contributed by atoms with van der Waals surface area (Å²) in [5.74, 6) is -0.276. The Morgan fingerprint density at radius 3 is 2.25 bits per heavy atom. The van der Waals surface area contributed by atoms with Gasteiger partial charge in [-0.25, -0.2) is 0 Å². The molecule has 1 radical (unpaired) electrons. The van der Waals surface area contributed by atoms with E-state index in [9.17, 15) is 4.79 Å². The molecule has 8 heavy (non-hydrogen) atoms. The van der Waals surface area contributed by atoms with E-state index in [0.29, 0.717) is 0 Å². The lowest BCUT2D eigenvalue weighted by molar-refractivity contribution is -0.135. The Labute approximate surface area is 49.0 Å². The van der Waals surface area contributed by atoms with Gasteiger partial charge in [-0.2, -0.15) is 0 Å². The average molecular weight is 116 g/mol. The summed E-state index contributed by atoms with van der Waals surface area (Å²) in [6.45, 7) is 3.54. The van der Waals surface area contributed by atoms with Crippen LogP contribution in [-0.4, -0.2) is 13.0 Å². The van der Waals surface area contributed by atoms with E-state index in [2.05, 4.69) is 10.3 Å². The number of hydroxylamine groups is 1. The fourth-order valence-electron chi connectivity index (χ4n) is 0.195. The van der Waals surface area contributed by atoms with Crippen molar-refractivity contribution in [3.8, 4) is 0 Å². The van der Waals surface area contributed by atoms with Gasteiger partial charge >= 0.3 is 0 Å². The number of nitrogens with zero attached hydrogens (tertiary/aromatic N) is 1. The van der Waals surface area contributed by atoms with E-state index in [1.54, 1.807) is 13.8 Å². The number of hydrogen-bond donors (Lipinski definition) is 0. The minimum absolute atomic E-state index is 0.0602. The minimum atomic E-state index is -0.215. The third-order valence-corrected chi connectivity index (χ3v) is 0.675. The van der Waals surface area contributed by atoms with Crippen LogP contribution in [-0.2, 0) is 9.63 Å². The van der Waals surface area contributed by atoms with E-state index in [-0.39, 0.29) is 11.8 Å². The normalized spacial score (nSPS) is 9.50. The number of carbonyl (C=O) groups is 1. The zero-order valence-electron chi connectivity index (χ0n) is 5.34. The second kappa shape index (κ2) is 3.43. The van der Waals surface area contributed by atoms with Crippen LogP contribution in [0.3, 0.4) is 0 Å². The van der Waals surface area contributed by atoms with Gasteiger partial charge in [-0.05, 0) is 0 Å². The zero-order chi connectivity index (χ0) is 6.57. The fourth-order valence-corrected chi connectivity index (χ4v) is 0.195. The summed E-state index contributed by atoms with van der Waals surface area (Å²) in [6, 6.07) is 0. The Morgan fingerprint density at radius 1 is 1.62 bits per heavy atom. The number of rotatable bonds is 2. The Kier molecular flexibility index (Phi) is 3.19. The second-order valence-corrected chi connectivity index (χ2v) is 1.77. The smallest absolute Gasteiger partial charge is 0.270 e. The van der Waals surface area contributed by atoms with Gasteiger partial charge in [-0.15, -0.1) is 0 Å². The van der Waals surface area contributed by atoms with Crippen LogP contribution in [0.15, 0.2) is 0 Å². The Balaban J connectivity index is 3.33. The van der Waals surface area contributed by atoms with Crippen LogP contribution in [0.25, 0.3) is 0 Å². The summed E-state index contributed by atoms with van der Waals surface area (Å²) < 4.78 is 0. The molecule has 0 aromatic rings. The van der Waals surface area contributed by atoms with Crippen LogP contribution in [0.5, 0.6) is 0 Å². The van der Waals surface area contributed by atoms with Gasteiger partial charge in [0.05, 0.1) is 7.11 Å². The molecule has 0 spiro atoms. The van der Waals surface area contributed by atoms with E-state index in [1.165, 1.54) is 7.11 Å². The molecule has 3 nitrogen and oxygen atoms in total. The summed E-state index contributed by atoms with van der Waals surface area (Å²) in [5, 5.41) is 0. The van der Waals surface area contributed by atoms with Crippen molar-refractivity contribution in [3.05, 3.63) is 0 Å². The van der Waals surface area contributed by atoms with Gasteiger partial charge in [0.2, 0.25) is 0 Å². The maximum atomic E-state index is 10.5. The molecule has 0 N–H and O–H groups in total. The highest BCUT2D eigenvalue weighted by molar-refractivity contribution is 5.76. The molecule has 0 fully saturated rings. The zero-order valence-corrected chi connectivity index (χ0v) is 5.34. The quantitative estimate of drug-likeness (QED) is 0.488. The summed E-state index contributed by atoms with van der Waals surface area (Å²) in [6.07, 6.45) is 0. The molecule has 0 aliphatic rings. The Bertz CT molecular complexity index is 80.5. The van der Waals surface area contributed by atoms with E-state index in [1.807, 2.05) is 0 Å². The van der Waals surface area contributed by atoms with Gasteiger partial charge in [-0.1, -0.05) is 19.3 Å². The molecule has 0 rings (SSSR count). The van der Waals surface area contributed by atoms with Crippen molar-refractivity contribution >= 4 is 5.91 Å². The first-order valence-corrected chi connectivity index (χ1v) is 2.46. The van der Waals surface area contributed by atoms with E-state index in [4.69, 9.17) is 0 Å². The third kappa shape index (κ3) is 2.58. The molecule has 0 bridgehead atoms. The highest BCUT2D eigenvalue weighted by atomic mass is 16.6. The molecule has 0 heterocycles. The minimum Gasteiger partial charge on any atom is -0.270 e. The molecule has 0 aliphatic carbocycles. The number of carbonyl (C=O) groups excluding carboxylic acids is 1. The standard InChI is InChI=1S/C5H10NO2/c1-4(2)5(7)6-8-3/h4H,1-3H3. The predicted molar refractivity (Wildman–Crippen MR) is 29.0 cm³/mol. The molecule has 1 amide bonds. The monoisotopic (exact) mass is 116 g/mol. The Hall–Kier alpha value is -0.570. The van der Waals surface area contributed by atoms with Crippen molar-refractivity contribution in [3.63, 3.8) is 0 Å². The highest BCUT2D eigenvalue weighted by Gasteiger charge is 2.06. The van der Waals surface area contributed by atoms with Crippen molar-refractivity contribution in [1.82, 2.24) is 5.48 Å². The molecule has 0 unspecified atom stereocenters. The van der Waals surface area contributed by atoms with E-state index < -0.39 is 0 Å². The van der Waals surface area contributed by atoms with Gasteiger partial charge in [-0.3, -0.25) is 9.63 Å². The van der Waals surface area contributed by atoms with E-state index >= 15 is 0 Å². The second-order valence-electron chi connectivity index (χ2n) is 1.77. The highest BCUT2D eigenvalue weighted by Crippen LogP contribution is 1.90. The lowest BCUT2D eigenvalue weighted by Gasteiger charge is -1.98. The molecule has 0 atom stereocenters. The fraction of sp³-hybridized carbons (Fsp3) is 0.800. The van der Waals surface area contributed by atoms with Crippen LogP contribution in [0.2, 0.25) is 0 Å². The van der Waals surface area contributed by atoms with Gasteiger partial charge in [0.15, 0.2) is 0 Å². The van der Waals surface area contributed by atoms with Crippen molar-refractivity contribution in [1.29, 1.82) is 0 Å². The molecule has 0 aromatic carbocycles. The van der Waals surface area contributed by atoms with Gasteiger partial charge in [0.1, 0.15) is 0 Å². The van der Waals surface area contributed by atoms with Crippen LogP contribution < -0.4 is 5.48 Å². The predicted octanol–water partition coefficient (Wildman–Crippen LogP) is 0.335. The molecule has 47 valence electrons. The number of hydrogen-bond acceptors (Lipinski definition) is 2. The average Bonchev–Trinajstić information content (AvgIpc) is 1.67. The first-order valence-electron chi connectivity index (χ1n) is 2.46. The lowest BCUT2D eigenvalue weighted by Crippen LogP contribution is -2.19. The number of amides is 1. The van der Waals surface area contributed by atoms with Crippen molar-refractivity contribution in [2.75, 3.05) is 7.11 Å². The van der Waals surface area contributed by atoms with Crippen LogP contribution in [0, 0.1) is 5.92 Å². The maximum absolute atomic E-state index is 10.5. The largest absolute Gasteiger partial charge is 0.272 e. The van der Waals surface area contributed by atoms with Crippen LogP contribution >= 0.6 is 0 Å². The Morgan fingerprint density at radius 2 is 2.12 bits per heavy atom. The summed E-state index contributed by atoms with van der Waals surface area (Å²) in [5.41, 5.74) is 3.19. The van der Waals surface area contributed by atoms with Crippen molar-refractivity contribution in [2.45, 2.75) is 13.8 Å². The first-order chi connectivity index (χ1) is 3.68. The summed E-state index contributed by atoms with van der Waals surface area (Å²) in [7, 11) is 1.36. The van der Waals surface area contributed by atoms with Crippen molar-refractivity contribution in [2.24, 2.45) is 5.92 Å². The van der Waals surface area contributed by atoms with Gasteiger partial charge < -0.3 is 0 Å². The first kappa shape index (κ1) is 7.43. The van der Waals surface area contributed by atoms with Gasteiger partial charge in [0, 0.05) is 5.92 Å². The summed E-state index contributed by atoms with van der Waals surface area (Å²) >= 11 is 0. The van der Waals surface area contributed by atoms with E-state index in [0.717, 1.165) is 0 Å². The molecule has 0 aliphatic heterocycles.